The predicted octanol–water partition coefficient (Wildman–Crippen LogP) is 1.68. The van der Waals surface area contributed by atoms with Gasteiger partial charge in [0.05, 0.1) is 12.2 Å². The van der Waals surface area contributed by atoms with Crippen LogP contribution >= 0.6 is 11.8 Å². The molecule has 156 valence electrons. The molecule has 0 saturated carbocycles. The Hall–Kier alpha value is -2.06. The number of hydrogen-bond acceptors (Lipinski definition) is 5. The van der Waals surface area contributed by atoms with E-state index in [4.69, 9.17) is 0 Å². The Kier molecular flexibility index (Phi) is 6.10. The smallest absolute Gasteiger partial charge is 0.263 e. The summed E-state index contributed by atoms with van der Waals surface area (Å²) in [5, 5.41) is 6.95. The summed E-state index contributed by atoms with van der Waals surface area (Å²) in [6.45, 7) is 4.26. The highest BCUT2D eigenvalue weighted by Gasteiger charge is 2.35. The molecular formula is C21H29N5O2S. The lowest BCUT2D eigenvalue weighted by atomic mass is 9.83. The molecule has 2 aliphatic rings. The number of likely N-dealkylation sites (tertiary alicyclic amines) is 1. The fourth-order valence-electron chi connectivity index (χ4n) is 4.67. The van der Waals surface area contributed by atoms with Crippen molar-refractivity contribution in [2.45, 2.75) is 31.8 Å². The standard InChI is InChI=1S/C21H29N5O2S/c1-24-17(6-7-23-24)11-22-20(27)18-4-5-19-16-10-15(13-26(19)21(18)28)12-25(14-16)8-3-9-29-2/h4-7,15-16H,3,8-14H2,1-2H3,(H,22,27)/t15-,16+/m0/s1. The number of hydrogen-bond donors (Lipinski definition) is 1. The number of thioether (sulfide) groups is 1. The van der Waals surface area contributed by atoms with Crippen LogP contribution in [0, 0.1) is 5.92 Å². The van der Waals surface area contributed by atoms with Gasteiger partial charge in [0, 0.05) is 44.5 Å². The summed E-state index contributed by atoms with van der Waals surface area (Å²) in [7, 11) is 1.83. The Morgan fingerprint density at radius 3 is 2.90 bits per heavy atom. The average Bonchev–Trinajstić information content (AvgIpc) is 3.12. The van der Waals surface area contributed by atoms with Crippen molar-refractivity contribution in [1.82, 2.24) is 24.6 Å². The molecule has 4 rings (SSSR count). The minimum Gasteiger partial charge on any atom is -0.346 e. The molecule has 2 aromatic heterocycles. The van der Waals surface area contributed by atoms with Crippen LogP contribution in [-0.4, -0.2) is 56.8 Å². The third-order valence-electron chi connectivity index (χ3n) is 6.10. The normalized spacial score (nSPS) is 21.0. The fourth-order valence-corrected chi connectivity index (χ4v) is 5.09. The van der Waals surface area contributed by atoms with Crippen LogP contribution in [0.1, 0.15) is 40.5 Å². The summed E-state index contributed by atoms with van der Waals surface area (Å²) in [6, 6.07) is 5.55. The monoisotopic (exact) mass is 415 g/mol. The number of aromatic nitrogens is 3. The van der Waals surface area contributed by atoms with Gasteiger partial charge in [-0.05, 0) is 55.5 Å². The second-order valence-corrected chi connectivity index (χ2v) is 9.11. The molecular weight excluding hydrogens is 386 g/mol. The summed E-state index contributed by atoms with van der Waals surface area (Å²) in [5.74, 6) is 1.75. The molecule has 0 aromatic carbocycles. The summed E-state index contributed by atoms with van der Waals surface area (Å²) in [4.78, 5) is 28.3. The summed E-state index contributed by atoms with van der Waals surface area (Å²) < 4.78 is 3.57. The van der Waals surface area contributed by atoms with E-state index >= 15 is 0 Å². The highest BCUT2D eigenvalue weighted by atomic mass is 32.2. The number of nitrogens with one attached hydrogen (secondary N) is 1. The third-order valence-corrected chi connectivity index (χ3v) is 6.80. The number of rotatable bonds is 7. The minimum absolute atomic E-state index is 0.157. The number of piperidine rings is 1. The number of carbonyl (C=O) groups is 1. The first-order chi connectivity index (χ1) is 14.1. The molecule has 2 aliphatic heterocycles. The van der Waals surface area contributed by atoms with Crippen molar-refractivity contribution in [2.75, 3.05) is 31.6 Å². The van der Waals surface area contributed by atoms with Crippen LogP contribution in [0.2, 0.25) is 0 Å². The van der Waals surface area contributed by atoms with Gasteiger partial charge in [-0.3, -0.25) is 14.3 Å². The van der Waals surface area contributed by atoms with Gasteiger partial charge in [0.15, 0.2) is 0 Å². The van der Waals surface area contributed by atoms with Gasteiger partial charge in [-0.15, -0.1) is 0 Å². The minimum atomic E-state index is -0.319. The first kappa shape index (κ1) is 20.2. The zero-order chi connectivity index (χ0) is 20.4. The molecule has 2 aromatic rings. The van der Waals surface area contributed by atoms with E-state index in [2.05, 4.69) is 21.6 Å². The second kappa shape index (κ2) is 8.75. The number of fused-ring (bicyclic) bond motifs is 4. The molecule has 4 heterocycles. The van der Waals surface area contributed by atoms with Crippen molar-refractivity contribution in [3.05, 3.63) is 51.7 Å². The maximum Gasteiger partial charge on any atom is 0.263 e. The zero-order valence-electron chi connectivity index (χ0n) is 17.1. The van der Waals surface area contributed by atoms with E-state index in [1.165, 1.54) is 12.2 Å². The van der Waals surface area contributed by atoms with Crippen molar-refractivity contribution >= 4 is 17.7 Å². The van der Waals surface area contributed by atoms with Gasteiger partial charge in [-0.2, -0.15) is 16.9 Å². The van der Waals surface area contributed by atoms with E-state index in [1.54, 1.807) is 16.9 Å². The second-order valence-electron chi connectivity index (χ2n) is 8.12. The van der Waals surface area contributed by atoms with E-state index in [9.17, 15) is 9.59 Å². The quantitative estimate of drug-likeness (QED) is 0.697. The van der Waals surface area contributed by atoms with Crippen LogP contribution in [-0.2, 0) is 20.1 Å². The van der Waals surface area contributed by atoms with Crippen molar-refractivity contribution < 1.29 is 4.79 Å². The van der Waals surface area contributed by atoms with E-state index in [-0.39, 0.29) is 17.0 Å². The van der Waals surface area contributed by atoms with Crippen LogP contribution in [0.5, 0.6) is 0 Å². The van der Waals surface area contributed by atoms with E-state index in [1.807, 2.05) is 35.5 Å². The maximum absolute atomic E-state index is 13.1. The van der Waals surface area contributed by atoms with Crippen LogP contribution in [0.25, 0.3) is 0 Å². The fraction of sp³-hybridized carbons (Fsp3) is 0.571. The lowest BCUT2D eigenvalue weighted by molar-refractivity contribution is 0.0944. The van der Waals surface area contributed by atoms with Crippen molar-refractivity contribution in [3.63, 3.8) is 0 Å². The number of pyridine rings is 1. The van der Waals surface area contributed by atoms with Gasteiger partial charge < -0.3 is 14.8 Å². The van der Waals surface area contributed by atoms with Gasteiger partial charge in [0.25, 0.3) is 11.5 Å². The first-order valence-corrected chi connectivity index (χ1v) is 11.7. The summed E-state index contributed by atoms with van der Waals surface area (Å²) in [6.07, 6.45) is 6.20. The van der Waals surface area contributed by atoms with Gasteiger partial charge in [-0.25, -0.2) is 0 Å². The molecule has 2 atom stereocenters. The largest absolute Gasteiger partial charge is 0.346 e. The summed E-state index contributed by atoms with van der Waals surface area (Å²) >= 11 is 1.90. The highest BCUT2D eigenvalue weighted by molar-refractivity contribution is 7.98. The van der Waals surface area contributed by atoms with E-state index < -0.39 is 0 Å². The van der Waals surface area contributed by atoms with Crippen molar-refractivity contribution in [1.29, 1.82) is 0 Å². The molecule has 0 radical (unpaired) electrons. The van der Waals surface area contributed by atoms with Crippen LogP contribution in [0.15, 0.2) is 29.2 Å². The SMILES string of the molecule is CSCCCN1C[C@@H]2C[C@H](C1)c1ccc(C(=O)NCc3ccnn3C)c(=O)n1C2. The van der Waals surface area contributed by atoms with Gasteiger partial charge in [0.1, 0.15) is 5.56 Å². The molecule has 7 nitrogen and oxygen atoms in total. The third kappa shape index (κ3) is 4.28. The molecule has 0 aliphatic carbocycles. The van der Waals surface area contributed by atoms with Crippen molar-refractivity contribution in [3.8, 4) is 0 Å². The average molecular weight is 416 g/mol. The molecule has 1 fully saturated rings. The van der Waals surface area contributed by atoms with E-state index in [0.717, 1.165) is 37.4 Å². The molecule has 1 saturated heterocycles. The molecule has 0 unspecified atom stereocenters. The predicted molar refractivity (Wildman–Crippen MR) is 115 cm³/mol. The molecule has 0 spiro atoms. The lowest BCUT2D eigenvalue weighted by Crippen LogP contribution is -2.48. The molecule has 8 heteroatoms. The Balaban J connectivity index is 1.48. The maximum atomic E-state index is 13.1. The number of carbonyl (C=O) groups excluding carboxylic acids is 1. The lowest BCUT2D eigenvalue weighted by Gasteiger charge is -2.43. The van der Waals surface area contributed by atoms with Gasteiger partial charge in [0.2, 0.25) is 0 Å². The van der Waals surface area contributed by atoms with E-state index in [0.29, 0.717) is 24.9 Å². The van der Waals surface area contributed by atoms with Gasteiger partial charge >= 0.3 is 0 Å². The van der Waals surface area contributed by atoms with Gasteiger partial charge in [-0.1, -0.05) is 0 Å². The first-order valence-electron chi connectivity index (χ1n) is 10.3. The Morgan fingerprint density at radius 1 is 1.28 bits per heavy atom. The Morgan fingerprint density at radius 2 is 2.14 bits per heavy atom. The highest BCUT2D eigenvalue weighted by Crippen LogP contribution is 2.35. The topological polar surface area (TPSA) is 72.2 Å². The molecule has 1 N–H and O–H groups in total. The molecule has 1 amide bonds. The Labute approximate surface area is 175 Å². The number of nitrogens with zero attached hydrogens (tertiary/aromatic N) is 4. The van der Waals surface area contributed by atoms with Crippen LogP contribution < -0.4 is 10.9 Å². The van der Waals surface area contributed by atoms with Crippen molar-refractivity contribution in [2.24, 2.45) is 13.0 Å². The summed E-state index contributed by atoms with van der Waals surface area (Å²) in [5.41, 5.74) is 2.06. The molecule has 2 bridgehead atoms. The number of amides is 1. The zero-order valence-corrected chi connectivity index (χ0v) is 18.0. The van der Waals surface area contributed by atoms with Crippen LogP contribution in [0.3, 0.4) is 0 Å². The van der Waals surface area contributed by atoms with Crippen LogP contribution in [0.4, 0.5) is 0 Å². The molecule has 29 heavy (non-hydrogen) atoms. The number of aryl methyl sites for hydroxylation is 1. The Bertz CT molecular complexity index is 937.